The molecule has 1 atom stereocenters. The first kappa shape index (κ1) is 35.2. The van der Waals surface area contributed by atoms with Gasteiger partial charge in [-0.05, 0) is 65.9 Å². The molecule has 0 aliphatic heterocycles. The van der Waals surface area contributed by atoms with Crippen LogP contribution in [0.1, 0.15) is 113 Å². The van der Waals surface area contributed by atoms with Gasteiger partial charge in [0.1, 0.15) is 11.5 Å². The van der Waals surface area contributed by atoms with Crippen LogP contribution in [0.25, 0.3) is 11.1 Å². The van der Waals surface area contributed by atoms with E-state index in [0.29, 0.717) is 30.1 Å². The Morgan fingerprint density at radius 1 is 0.614 bits per heavy atom. The molecule has 0 fully saturated rings. The molecule has 3 aromatic carbocycles. The second kappa shape index (κ2) is 20.7. The van der Waals surface area contributed by atoms with E-state index in [1.165, 1.54) is 44.9 Å². The second-order valence-electron chi connectivity index (χ2n) is 11.5. The normalized spacial score (nSPS) is 11.9. The molecule has 0 aliphatic rings. The number of esters is 1. The number of carbonyl (C=O) groups is 1. The lowest BCUT2D eigenvalue weighted by Gasteiger charge is -2.17. The molecule has 4 nitrogen and oxygen atoms in total. The number of ether oxygens (including phenoxy) is 3. The van der Waals surface area contributed by atoms with E-state index in [2.05, 4.69) is 13.8 Å². The quantitative estimate of drug-likeness (QED) is 0.0647. The monoisotopic (exact) mass is 608 g/mol. The fourth-order valence-electron chi connectivity index (χ4n) is 5.07. The molecule has 44 heavy (non-hydrogen) atoms. The summed E-state index contributed by atoms with van der Waals surface area (Å²) in [7, 11) is 0. The highest BCUT2D eigenvalue weighted by Gasteiger charge is 2.22. The van der Waals surface area contributed by atoms with Crippen LogP contribution in [0.15, 0.2) is 72.8 Å². The Morgan fingerprint density at radius 2 is 1.11 bits per heavy atom. The molecule has 0 heterocycles. The fourth-order valence-corrected chi connectivity index (χ4v) is 5.07. The van der Waals surface area contributed by atoms with E-state index in [1.807, 2.05) is 24.3 Å². The molecule has 0 amide bonds. The highest BCUT2D eigenvalue weighted by atomic mass is 19.3. The highest BCUT2D eigenvalue weighted by molar-refractivity contribution is 5.91. The number of benzene rings is 3. The van der Waals surface area contributed by atoms with Gasteiger partial charge in [-0.1, -0.05) is 114 Å². The van der Waals surface area contributed by atoms with Crippen molar-refractivity contribution in [2.45, 2.75) is 103 Å². The van der Waals surface area contributed by atoms with Crippen LogP contribution in [0.3, 0.4) is 0 Å². The van der Waals surface area contributed by atoms with Gasteiger partial charge in [-0.25, -0.2) is 13.6 Å². The maximum absolute atomic E-state index is 13.7. The van der Waals surface area contributed by atoms with Crippen molar-refractivity contribution < 1.29 is 27.8 Å². The number of hydrogen-bond acceptors (Lipinski definition) is 4. The van der Waals surface area contributed by atoms with Gasteiger partial charge in [-0.2, -0.15) is 0 Å². The molecule has 0 bridgehead atoms. The third kappa shape index (κ3) is 12.8. The van der Waals surface area contributed by atoms with E-state index in [9.17, 15) is 13.6 Å². The fraction of sp³-hybridized carbons (Fsp3) is 0.500. The third-order valence-electron chi connectivity index (χ3n) is 7.84. The van der Waals surface area contributed by atoms with Crippen molar-refractivity contribution in [3.05, 3.63) is 83.9 Å². The smallest absolute Gasteiger partial charge is 0.343 e. The molecule has 0 aliphatic carbocycles. The molecule has 6 heteroatoms. The lowest BCUT2D eigenvalue weighted by Crippen LogP contribution is -2.16. The number of carbonyl (C=O) groups excluding carboxylic acids is 1. The standard InChI is InChI=1S/C38H50F2O4/c1-3-5-7-9-10-11-12-14-28-43-34-23-21-33(22-24-34)38(41)44-35-25-19-31(20-26-35)30-15-17-32(18-16-30)36(37(39)40)29-42-27-13-8-6-4-2/h15-26,36-37H,3-14,27-29H2,1-2H3/t36-/m0/s1. The first-order chi connectivity index (χ1) is 21.5. The zero-order valence-electron chi connectivity index (χ0n) is 26.6. The summed E-state index contributed by atoms with van der Waals surface area (Å²) in [6, 6.07) is 21.3. The number of unbranched alkanes of at least 4 members (excludes halogenated alkanes) is 10. The minimum atomic E-state index is -2.49. The zero-order chi connectivity index (χ0) is 31.4. The number of hydrogen-bond donors (Lipinski definition) is 0. The van der Waals surface area contributed by atoms with Crippen LogP contribution in [0.2, 0.25) is 0 Å². The van der Waals surface area contributed by atoms with Crippen molar-refractivity contribution in [3.63, 3.8) is 0 Å². The molecule has 0 aromatic heterocycles. The van der Waals surface area contributed by atoms with E-state index in [4.69, 9.17) is 14.2 Å². The van der Waals surface area contributed by atoms with Gasteiger partial charge in [0, 0.05) is 6.61 Å². The summed E-state index contributed by atoms with van der Waals surface area (Å²) in [6.45, 7) is 5.57. The van der Waals surface area contributed by atoms with Gasteiger partial charge in [0.25, 0.3) is 0 Å². The average molecular weight is 609 g/mol. The van der Waals surface area contributed by atoms with E-state index >= 15 is 0 Å². The van der Waals surface area contributed by atoms with Crippen LogP contribution in [0.4, 0.5) is 8.78 Å². The van der Waals surface area contributed by atoms with Crippen molar-refractivity contribution >= 4 is 5.97 Å². The number of rotatable bonds is 22. The van der Waals surface area contributed by atoms with Crippen molar-refractivity contribution in [3.8, 4) is 22.6 Å². The largest absolute Gasteiger partial charge is 0.494 e. The summed E-state index contributed by atoms with van der Waals surface area (Å²) >= 11 is 0. The molecule has 3 rings (SSSR count). The minimum Gasteiger partial charge on any atom is -0.494 e. The van der Waals surface area contributed by atoms with Crippen LogP contribution in [-0.2, 0) is 4.74 Å². The van der Waals surface area contributed by atoms with E-state index in [0.717, 1.165) is 49.0 Å². The Hall–Kier alpha value is -3.25. The summed E-state index contributed by atoms with van der Waals surface area (Å²) in [5, 5.41) is 0. The lowest BCUT2D eigenvalue weighted by atomic mass is 9.97. The van der Waals surface area contributed by atoms with E-state index in [-0.39, 0.29) is 6.61 Å². The van der Waals surface area contributed by atoms with E-state index < -0.39 is 18.3 Å². The van der Waals surface area contributed by atoms with Crippen molar-refractivity contribution in [1.82, 2.24) is 0 Å². The summed E-state index contributed by atoms with van der Waals surface area (Å²) in [5.41, 5.74) is 2.80. The molecule has 0 unspecified atom stereocenters. The van der Waals surface area contributed by atoms with Gasteiger partial charge in [-0.3, -0.25) is 0 Å². The number of halogens is 2. The van der Waals surface area contributed by atoms with Gasteiger partial charge in [0.15, 0.2) is 0 Å². The van der Waals surface area contributed by atoms with Gasteiger partial charge in [0.05, 0.1) is 24.7 Å². The highest BCUT2D eigenvalue weighted by Crippen LogP contribution is 2.28. The predicted octanol–water partition coefficient (Wildman–Crippen LogP) is 11.0. The Balaban J connectivity index is 1.43. The summed E-state index contributed by atoms with van der Waals surface area (Å²) in [6.07, 6.45) is 11.8. The molecule has 240 valence electrons. The Morgan fingerprint density at radius 3 is 1.70 bits per heavy atom. The maximum Gasteiger partial charge on any atom is 0.343 e. The molecule has 3 aromatic rings. The minimum absolute atomic E-state index is 0.0122. The van der Waals surface area contributed by atoms with Crippen molar-refractivity contribution in [2.24, 2.45) is 0 Å². The van der Waals surface area contributed by atoms with Gasteiger partial charge >= 0.3 is 5.97 Å². The maximum atomic E-state index is 13.7. The Labute approximate surface area is 263 Å². The molecule has 0 saturated heterocycles. The van der Waals surface area contributed by atoms with Crippen LogP contribution < -0.4 is 9.47 Å². The average Bonchev–Trinajstić information content (AvgIpc) is 3.04. The van der Waals surface area contributed by atoms with Crippen LogP contribution in [0.5, 0.6) is 11.5 Å². The third-order valence-corrected chi connectivity index (χ3v) is 7.84. The second-order valence-corrected chi connectivity index (χ2v) is 11.5. The first-order valence-electron chi connectivity index (χ1n) is 16.5. The lowest BCUT2D eigenvalue weighted by molar-refractivity contribution is 0.0422. The predicted molar refractivity (Wildman–Crippen MR) is 175 cm³/mol. The van der Waals surface area contributed by atoms with Crippen molar-refractivity contribution in [1.29, 1.82) is 0 Å². The first-order valence-corrected chi connectivity index (χ1v) is 16.5. The molecule has 0 spiro atoms. The molecule has 0 radical (unpaired) electrons. The Bertz CT molecular complexity index is 1180. The summed E-state index contributed by atoms with van der Waals surface area (Å²) in [5.74, 6) is -0.219. The molecular formula is C38H50F2O4. The number of alkyl halides is 2. The zero-order valence-corrected chi connectivity index (χ0v) is 26.6. The molecular weight excluding hydrogens is 558 g/mol. The SMILES string of the molecule is CCCCCCCCCCOc1ccc(C(=O)Oc2ccc(-c3ccc([C@H](COCCCCCC)C(F)F)cc3)cc2)cc1. The molecule has 0 saturated carbocycles. The van der Waals surface area contributed by atoms with Gasteiger partial charge in [0.2, 0.25) is 6.43 Å². The Kier molecular flexibility index (Phi) is 16.5. The van der Waals surface area contributed by atoms with Gasteiger partial charge < -0.3 is 14.2 Å². The summed E-state index contributed by atoms with van der Waals surface area (Å²) in [4.78, 5) is 12.7. The molecule has 0 N–H and O–H groups in total. The van der Waals surface area contributed by atoms with Crippen molar-refractivity contribution in [2.75, 3.05) is 19.8 Å². The van der Waals surface area contributed by atoms with Crippen LogP contribution in [-0.4, -0.2) is 32.2 Å². The topological polar surface area (TPSA) is 44.8 Å². The van der Waals surface area contributed by atoms with Gasteiger partial charge in [-0.15, -0.1) is 0 Å². The summed E-state index contributed by atoms with van der Waals surface area (Å²) < 4.78 is 44.4. The van der Waals surface area contributed by atoms with Crippen LogP contribution in [0, 0.1) is 0 Å². The van der Waals surface area contributed by atoms with Crippen LogP contribution >= 0.6 is 0 Å². The van der Waals surface area contributed by atoms with E-state index in [1.54, 1.807) is 48.5 Å².